The highest BCUT2D eigenvalue weighted by atomic mass is 16.3. The van der Waals surface area contributed by atoms with Gasteiger partial charge >= 0.3 is 0 Å². The molecular weight excluding hydrogens is 304 g/mol. The maximum absolute atomic E-state index is 12.8. The predicted molar refractivity (Wildman–Crippen MR) is 92.8 cm³/mol. The van der Waals surface area contributed by atoms with Crippen LogP contribution in [0.2, 0.25) is 0 Å². The Kier molecular flexibility index (Phi) is 3.59. The van der Waals surface area contributed by atoms with Crippen LogP contribution in [0.5, 0.6) is 0 Å². The van der Waals surface area contributed by atoms with Crippen LogP contribution in [0.25, 0.3) is 22.2 Å². The predicted octanol–water partition coefficient (Wildman–Crippen LogP) is 2.01. The van der Waals surface area contributed by atoms with Gasteiger partial charge in [0.15, 0.2) is 0 Å². The molecular formula is C19H18N2O3. The summed E-state index contributed by atoms with van der Waals surface area (Å²) in [5.41, 5.74) is 3.71. The Morgan fingerprint density at radius 1 is 1.08 bits per heavy atom. The van der Waals surface area contributed by atoms with Gasteiger partial charge in [0.1, 0.15) is 6.54 Å². The lowest BCUT2D eigenvalue weighted by Gasteiger charge is -2.24. The fourth-order valence-electron chi connectivity index (χ4n) is 3.35. The molecule has 1 aromatic heterocycles. The standard InChI is InChI=1S/C19H18N2O3/c22-12-14(23)10-21-17-8-4-2-6-15(17)18-9-13-5-1-3-7-16(13)20(18)11-19(21)24/h1-9,14,22-23H,10-12H2/t14-/m0/s1. The molecule has 0 saturated heterocycles. The molecule has 1 amide bonds. The van der Waals surface area contributed by atoms with E-state index in [9.17, 15) is 9.90 Å². The molecule has 2 heterocycles. The van der Waals surface area contributed by atoms with E-state index in [0.717, 1.165) is 27.8 Å². The Morgan fingerprint density at radius 3 is 2.67 bits per heavy atom. The first kappa shape index (κ1) is 14.9. The first-order chi connectivity index (χ1) is 11.7. The Labute approximate surface area is 139 Å². The minimum absolute atomic E-state index is 0.0785. The van der Waals surface area contributed by atoms with E-state index in [4.69, 9.17) is 5.11 Å². The van der Waals surface area contributed by atoms with Gasteiger partial charge in [0.2, 0.25) is 5.91 Å². The van der Waals surface area contributed by atoms with E-state index in [2.05, 4.69) is 6.07 Å². The van der Waals surface area contributed by atoms with E-state index in [1.807, 2.05) is 53.1 Å². The van der Waals surface area contributed by atoms with E-state index in [1.54, 1.807) is 4.90 Å². The third kappa shape index (κ3) is 2.29. The zero-order chi connectivity index (χ0) is 16.7. The van der Waals surface area contributed by atoms with Crippen molar-refractivity contribution in [1.29, 1.82) is 0 Å². The monoisotopic (exact) mass is 322 g/mol. The van der Waals surface area contributed by atoms with E-state index in [-0.39, 0.29) is 25.6 Å². The molecule has 5 heteroatoms. The van der Waals surface area contributed by atoms with E-state index >= 15 is 0 Å². The molecule has 1 aliphatic rings. The first-order valence-electron chi connectivity index (χ1n) is 7.96. The van der Waals surface area contributed by atoms with Crippen molar-refractivity contribution >= 4 is 22.5 Å². The number of hydrogen-bond donors (Lipinski definition) is 2. The van der Waals surface area contributed by atoms with Crippen LogP contribution < -0.4 is 4.90 Å². The zero-order valence-corrected chi connectivity index (χ0v) is 13.1. The van der Waals surface area contributed by atoms with Gasteiger partial charge in [0, 0.05) is 16.5 Å². The van der Waals surface area contributed by atoms with Crippen LogP contribution >= 0.6 is 0 Å². The second-order valence-corrected chi connectivity index (χ2v) is 6.03. The summed E-state index contributed by atoms with van der Waals surface area (Å²) in [6, 6.07) is 17.8. The lowest BCUT2D eigenvalue weighted by Crippen LogP contribution is -2.40. The molecule has 24 heavy (non-hydrogen) atoms. The lowest BCUT2D eigenvalue weighted by atomic mass is 10.1. The average Bonchev–Trinajstić information content (AvgIpc) is 2.92. The van der Waals surface area contributed by atoms with Crippen molar-refractivity contribution in [3.05, 3.63) is 54.6 Å². The molecule has 0 spiro atoms. The number of aliphatic hydroxyl groups is 2. The highest BCUT2D eigenvalue weighted by Gasteiger charge is 2.28. The maximum Gasteiger partial charge on any atom is 0.247 e. The van der Waals surface area contributed by atoms with Gasteiger partial charge in [-0.15, -0.1) is 0 Å². The number of aromatic nitrogens is 1. The molecule has 0 unspecified atom stereocenters. The van der Waals surface area contributed by atoms with Crippen LogP contribution in [-0.4, -0.2) is 39.9 Å². The number of carbonyl (C=O) groups excluding carboxylic acids is 1. The topological polar surface area (TPSA) is 65.7 Å². The Morgan fingerprint density at radius 2 is 1.83 bits per heavy atom. The summed E-state index contributed by atoms with van der Waals surface area (Å²) in [5, 5.41) is 20.1. The number of nitrogens with zero attached hydrogens (tertiary/aromatic N) is 2. The second kappa shape index (κ2) is 5.78. The third-order valence-corrected chi connectivity index (χ3v) is 4.48. The van der Waals surface area contributed by atoms with Crippen LogP contribution in [-0.2, 0) is 11.3 Å². The van der Waals surface area contributed by atoms with Gasteiger partial charge in [-0.25, -0.2) is 0 Å². The van der Waals surface area contributed by atoms with Crippen molar-refractivity contribution in [2.24, 2.45) is 0 Å². The number of amides is 1. The van der Waals surface area contributed by atoms with Gasteiger partial charge in [0.25, 0.3) is 0 Å². The Balaban J connectivity index is 1.93. The summed E-state index contributed by atoms with van der Waals surface area (Å²) in [6.45, 7) is -0.0913. The molecule has 0 fully saturated rings. The molecule has 0 radical (unpaired) electrons. The van der Waals surface area contributed by atoms with Gasteiger partial charge in [-0.3, -0.25) is 4.79 Å². The number of benzene rings is 2. The summed E-state index contributed by atoms with van der Waals surface area (Å²) in [5.74, 6) is -0.102. The summed E-state index contributed by atoms with van der Waals surface area (Å²) in [7, 11) is 0. The summed E-state index contributed by atoms with van der Waals surface area (Å²) >= 11 is 0. The molecule has 4 rings (SSSR count). The van der Waals surface area contributed by atoms with E-state index in [0.29, 0.717) is 0 Å². The van der Waals surface area contributed by atoms with Crippen molar-refractivity contribution in [2.45, 2.75) is 12.6 Å². The number of para-hydroxylation sites is 2. The number of anilines is 1. The molecule has 0 saturated carbocycles. The molecule has 1 aliphatic heterocycles. The van der Waals surface area contributed by atoms with E-state index < -0.39 is 6.10 Å². The Bertz CT molecular complexity index is 916. The molecule has 0 bridgehead atoms. The van der Waals surface area contributed by atoms with Gasteiger partial charge in [-0.05, 0) is 18.2 Å². The second-order valence-electron chi connectivity index (χ2n) is 6.03. The van der Waals surface area contributed by atoms with Crippen molar-refractivity contribution < 1.29 is 15.0 Å². The summed E-state index contributed by atoms with van der Waals surface area (Å²) < 4.78 is 2.02. The quantitative estimate of drug-likeness (QED) is 0.775. The highest BCUT2D eigenvalue weighted by molar-refractivity contribution is 6.02. The molecule has 2 N–H and O–H groups in total. The fraction of sp³-hybridized carbons (Fsp3) is 0.211. The average molecular weight is 322 g/mol. The van der Waals surface area contributed by atoms with Crippen molar-refractivity contribution in [3.8, 4) is 11.3 Å². The van der Waals surface area contributed by atoms with Gasteiger partial charge in [0.05, 0.1) is 30.6 Å². The van der Waals surface area contributed by atoms with Gasteiger partial charge in [-0.2, -0.15) is 0 Å². The van der Waals surface area contributed by atoms with Crippen molar-refractivity contribution in [2.75, 3.05) is 18.1 Å². The van der Waals surface area contributed by atoms with Crippen LogP contribution in [0.1, 0.15) is 0 Å². The van der Waals surface area contributed by atoms with Crippen LogP contribution in [0.15, 0.2) is 54.6 Å². The molecule has 5 nitrogen and oxygen atoms in total. The molecule has 0 aliphatic carbocycles. The number of carbonyl (C=O) groups is 1. The van der Waals surface area contributed by atoms with Crippen molar-refractivity contribution in [1.82, 2.24) is 4.57 Å². The van der Waals surface area contributed by atoms with E-state index in [1.165, 1.54) is 0 Å². The van der Waals surface area contributed by atoms with Gasteiger partial charge < -0.3 is 19.7 Å². The summed E-state index contributed by atoms with van der Waals surface area (Å²) in [4.78, 5) is 14.4. The number of aliphatic hydroxyl groups excluding tert-OH is 2. The minimum Gasteiger partial charge on any atom is -0.394 e. The fourth-order valence-corrected chi connectivity index (χ4v) is 3.35. The van der Waals surface area contributed by atoms with Crippen LogP contribution in [0, 0.1) is 0 Å². The summed E-state index contributed by atoms with van der Waals surface area (Å²) in [6.07, 6.45) is -0.962. The van der Waals surface area contributed by atoms with Crippen molar-refractivity contribution in [3.63, 3.8) is 0 Å². The molecule has 122 valence electrons. The SMILES string of the molecule is O=C1Cn2c(cc3ccccc32)-c2ccccc2N1C[C@H](O)CO. The first-order valence-corrected chi connectivity index (χ1v) is 7.96. The normalized spacial score (nSPS) is 15.1. The third-order valence-electron chi connectivity index (χ3n) is 4.48. The number of hydrogen-bond acceptors (Lipinski definition) is 3. The smallest absolute Gasteiger partial charge is 0.247 e. The minimum atomic E-state index is -0.962. The number of rotatable bonds is 3. The van der Waals surface area contributed by atoms with Gasteiger partial charge in [-0.1, -0.05) is 36.4 Å². The lowest BCUT2D eigenvalue weighted by molar-refractivity contribution is -0.119. The molecule has 1 atom stereocenters. The van der Waals surface area contributed by atoms with Crippen LogP contribution in [0.3, 0.4) is 0 Å². The number of β-amino-alcohol motifs (C(OH)–C–C–N with tert-alkyl or cyclic N) is 1. The van der Waals surface area contributed by atoms with Crippen LogP contribution in [0.4, 0.5) is 5.69 Å². The Hall–Kier alpha value is -2.63. The molecule has 3 aromatic rings. The maximum atomic E-state index is 12.8. The number of fused-ring (bicyclic) bond motifs is 5. The molecule has 2 aromatic carbocycles. The highest BCUT2D eigenvalue weighted by Crippen LogP contribution is 2.37. The largest absolute Gasteiger partial charge is 0.394 e. The zero-order valence-electron chi connectivity index (χ0n) is 13.1.